The molecule has 5 N–H and O–H groups in total. The van der Waals surface area contributed by atoms with Gasteiger partial charge in [0.05, 0.1) is 18.4 Å². The smallest absolute Gasteiger partial charge is 0.358 e. The number of rotatable bonds is 6. The highest BCUT2D eigenvalue weighted by Gasteiger charge is 2.39. The number of hydrogen-bond acceptors (Lipinski definition) is 11. The van der Waals surface area contributed by atoms with Crippen LogP contribution in [-0.2, 0) is 9.47 Å². The van der Waals surface area contributed by atoms with Crippen LogP contribution in [0.5, 0.6) is 0 Å². The quantitative estimate of drug-likeness (QED) is 0.123. The molecule has 6 heterocycles. The van der Waals surface area contributed by atoms with Gasteiger partial charge in [0.2, 0.25) is 0 Å². The predicted octanol–water partition coefficient (Wildman–Crippen LogP) is 6.62. The Labute approximate surface area is 322 Å². The highest BCUT2D eigenvalue weighted by molar-refractivity contribution is 7.10. The van der Waals surface area contributed by atoms with Gasteiger partial charge in [-0.15, -0.1) is 11.3 Å². The molecule has 0 aliphatic carbocycles. The molecule has 12 heteroatoms. The molecule has 54 heavy (non-hydrogen) atoms. The SMILES string of the molecule is C/C=C/[C@H](O)C(C)(C)[C@@H]1C/C=C\[C@H]2N[C@H]2/C=C/C=C\c2ncc([nH]2)C(=O)O[C@H](C(C)(C)[C@@H](O)/C=C/C)C/C=C\[C@@H]2C/C(=C\C=C/c3nc(cs3)C(=O)O1)N2. The summed E-state index contributed by atoms with van der Waals surface area (Å²) in [4.78, 5) is 38.5. The minimum Gasteiger partial charge on any atom is -0.457 e. The van der Waals surface area contributed by atoms with E-state index < -0.39 is 47.2 Å². The van der Waals surface area contributed by atoms with Crippen LogP contribution in [0.15, 0.2) is 96.3 Å². The number of hydrogen-bond donors (Lipinski definition) is 5. The molecule has 2 saturated heterocycles. The van der Waals surface area contributed by atoms with Crippen molar-refractivity contribution in [3.05, 3.63) is 118 Å². The lowest BCUT2D eigenvalue weighted by molar-refractivity contribution is -0.0461. The minimum absolute atomic E-state index is 0.113. The van der Waals surface area contributed by atoms with Crippen LogP contribution in [0.2, 0.25) is 0 Å². The van der Waals surface area contributed by atoms with E-state index in [0.717, 1.165) is 12.1 Å². The van der Waals surface area contributed by atoms with Crippen LogP contribution in [-0.4, -0.2) is 79.6 Å². The first kappa shape index (κ1) is 40.6. The van der Waals surface area contributed by atoms with Gasteiger partial charge in [0.15, 0.2) is 5.69 Å². The Hall–Kier alpha value is -4.62. The maximum Gasteiger partial charge on any atom is 0.358 e. The van der Waals surface area contributed by atoms with Gasteiger partial charge in [-0.2, -0.15) is 0 Å². The molecule has 2 fully saturated rings. The van der Waals surface area contributed by atoms with Gasteiger partial charge >= 0.3 is 11.9 Å². The van der Waals surface area contributed by atoms with Gasteiger partial charge in [-0.25, -0.2) is 19.6 Å². The minimum atomic E-state index is -0.825. The summed E-state index contributed by atoms with van der Waals surface area (Å²) in [7, 11) is 0. The van der Waals surface area contributed by atoms with Crippen LogP contribution < -0.4 is 10.6 Å². The Balaban J connectivity index is 1.35. The summed E-state index contributed by atoms with van der Waals surface area (Å²) in [5, 5.41) is 31.0. The number of carbonyl (C=O) groups excluding carboxylic acids is 2. The maximum atomic E-state index is 13.3. The van der Waals surface area contributed by atoms with E-state index >= 15 is 0 Å². The third-order valence-corrected chi connectivity index (χ3v) is 10.9. The number of imidazole rings is 1. The zero-order valence-electron chi connectivity index (χ0n) is 31.8. The lowest BCUT2D eigenvalue weighted by atomic mass is 9.78. The summed E-state index contributed by atoms with van der Waals surface area (Å²) >= 11 is 1.35. The highest BCUT2D eigenvalue weighted by atomic mass is 32.1. The Morgan fingerprint density at radius 1 is 0.870 bits per heavy atom. The summed E-state index contributed by atoms with van der Waals surface area (Å²) in [6.45, 7) is 11.2. The van der Waals surface area contributed by atoms with Crippen LogP contribution >= 0.6 is 11.3 Å². The summed E-state index contributed by atoms with van der Waals surface area (Å²) in [6.07, 6.45) is 28.5. The van der Waals surface area contributed by atoms with Crippen LogP contribution in [0.3, 0.4) is 0 Å². The molecular formula is C42H53N5O6S. The van der Waals surface area contributed by atoms with Crippen molar-refractivity contribution in [2.75, 3.05) is 0 Å². The number of ether oxygens (including phenoxy) is 2. The van der Waals surface area contributed by atoms with E-state index in [4.69, 9.17) is 9.47 Å². The fourth-order valence-corrected chi connectivity index (χ4v) is 6.80. The molecule has 0 aromatic carbocycles. The fraction of sp³-hybridized carbons (Fsp3) is 0.429. The number of aliphatic hydroxyl groups excluding tert-OH is 2. The van der Waals surface area contributed by atoms with Crippen molar-refractivity contribution in [1.29, 1.82) is 0 Å². The van der Waals surface area contributed by atoms with E-state index in [9.17, 15) is 19.8 Å². The Bertz CT molecular complexity index is 1850. The summed E-state index contributed by atoms with van der Waals surface area (Å²) in [5.74, 6) is -0.574. The number of carbonyl (C=O) groups is 2. The lowest BCUT2D eigenvalue weighted by Crippen LogP contribution is -2.42. The molecule has 0 radical (unpaired) electrons. The first-order chi connectivity index (χ1) is 25.8. The fourth-order valence-electron chi connectivity index (χ4n) is 6.11. The number of aromatic amines is 1. The molecule has 0 unspecified atom stereocenters. The standard InChI is InChI=1S/C42H53N5O6S/c1-7-14-33(48)41(3,4)35-20-11-16-27-24-28(44-27)17-12-23-38-47-32(26-54-38)40(51)53-36(42(5,6)34(49)15-8-2)21-13-19-30-29(45-30)18-9-10-22-37-43-25-31(46-37)39(50)52-35/h7-19,22-23,25-27,29-30,33-36,44-45,48-49H,20-21,24H2,1-6H3,(H,43,46)/b14-7+,15-8+,16-11-,18-9+,19-13-,22-10-,23-12-,28-17+/t27-,29+,30-,33+,34+,35+,36+/m1/s1. The zero-order chi connectivity index (χ0) is 38.9. The second-order valence-corrected chi connectivity index (χ2v) is 15.8. The van der Waals surface area contributed by atoms with Crippen LogP contribution in [0.25, 0.3) is 12.2 Å². The molecule has 11 nitrogen and oxygen atoms in total. The Morgan fingerprint density at radius 2 is 1.50 bits per heavy atom. The van der Waals surface area contributed by atoms with Gasteiger partial charge in [-0.05, 0) is 32.1 Å². The highest BCUT2D eigenvalue weighted by Crippen LogP contribution is 2.34. The lowest BCUT2D eigenvalue weighted by Gasteiger charge is -2.36. The average molecular weight is 756 g/mol. The van der Waals surface area contributed by atoms with Gasteiger partial charge in [-0.1, -0.05) is 101 Å². The predicted molar refractivity (Wildman–Crippen MR) is 213 cm³/mol. The van der Waals surface area contributed by atoms with Crippen molar-refractivity contribution in [2.45, 2.75) is 103 Å². The van der Waals surface area contributed by atoms with E-state index in [0.29, 0.717) is 23.7 Å². The van der Waals surface area contributed by atoms with Crippen molar-refractivity contribution >= 4 is 35.4 Å². The molecule has 7 atom stereocenters. The zero-order valence-corrected chi connectivity index (χ0v) is 32.6. The monoisotopic (exact) mass is 755 g/mol. The molecule has 0 amide bonds. The number of thiazole rings is 1. The number of allylic oxidation sites excluding steroid dienone is 6. The molecule has 4 aliphatic rings. The Kier molecular flexibility index (Phi) is 13.6. The summed E-state index contributed by atoms with van der Waals surface area (Å²) in [6, 6.07) is 0.353. The van der Waals surface area contributed by atoms with Crippen molar-refractivity contribution in [3.8, 4) is 0 Å². The third kappa shape index (κ3) is 10.5. The molecule has 0 saturated carbocycles. The second kappa shape index (κ2) is 18.1. The normalized spacial score (nSPS) is 29.6. The van der Waals surface area contributed by atoms with E-state index in [1.165, 1.54) is 17.5 Å². The first-order valence-corrected chi connectivity index (χ1v) is 19.3. The molecule has 0 spiro atoms. The topological polar surface area (TPSA) is 169 Å². The molecule has 6 rings (SSSR count). The van der Waals surface area contributed by atoms with Crippen molar-refractivity contribution in [3.63, 3.8) is 0 Å². The molecular weight excluding hydrogens is 703 g/mol. The summed E-state index contributed by atoms with van der Waals surface area (Å²) < 4.78 is 12.0. The van der Waals surface area contributed by atoms with E-state index in [1.54, 1.807) is 35.8 Å². The largest absolute Gasteiger partial charge is 0.457 e. The van der Waals surface area contributed by atoms with Crippen molar-refractivity contribution < 1.29 is 29.3 Å². The number of H-pyrrole nitrogens is 1. The number of fused-ring (bicyclic) bond motifs is 10. The van der Waals surface area contributed by atoms with Crippen LogP contribution in [0.4, 0.5) is 0 Å². The number of nitrogens with one attached hydrogen (secondary N) is 3. The van der Waals surface area contributed by atoms with Gasteiger partial charge in [0.25, 0.3) is 0 Å². The van der Waals surface area contributed by atoms with Gasteiger partial charge in [-0.3, -0.25) is 0 Å². The van der Waals surface area contributed by atoms with E-state index in [1.807, 2.05) is 102 Å². The molecule has 2 aromatic heterocycles. The third-order valence-electron chi connectivity index (χ3n) is 10.1. The number of esters is 2. The molecule has 288 valence electrons. The maximum absolute atomic E-state index is 13.3. The van der Waals surface area contributed by atoms with Crippen LogP contribution in [0, 0.1) is 10.8 Å². The number of nitrogens with zero attached hydrogens (tertiary/aromatic N) is 2. The van der Waals surface area contributed by atoms with Gasteiger partial charge < -0.3 is 35.3 Å². The number of aliphatic hydroxyl groups is 2. The molecule has 2 aromatic rings. The first-order valence-electron chi connectivity index (χ1n) is 18.4. The average Bonchev–Trinajstić information content (AvgIpc) is 3.44. The molecule has 4 aliphatic heterocycles. The van der Waals surface area contributed by atoms with Crippen molar-refractivity contribution in [2.24, 2.45) is 10.8 Å². The van der Waals surface area contributed by atoms with E-state index in [2.05, 4.69) is 25.6 Å². The number of aromatic nitrogens is 3. The van der Waals surface area contributed by atoms with Gasteiger partial charge in [0.1, 0.15) is 28.7 Å². The van der Waals surface area contributed by atoms with E-state index in [-0.39, 0.29) is 29.5 Å². The second-order valence-electron chi connectivity index (χ2n) is 14.9. The van der Waals surface area contributed by atoms with Gasteiger partial charge in [0, 0.05) is 59.3 Å². The Morgan fingerprint density at radius 3 is 2.17 bits per heavy atom. The molecule has 6 bridgehead atoms. The van der Waals surface area contributed by atoms with Crippen molar-refractivity contribution in [1.82, 2.24) is 25.6 Å². The van der Waals surface area contributed by atoms with Crippen LogP contribution in [0.1, 0.15) is 92.6 Å². The summed E-state index contributed by atoms with van der Waals surface area (Å²) in [5.41, 5.74) is -0.0443.